The van der Waals surface area contributed by atoms with Crippen LogP contribution in [-0.4, -0.2) is 61.0 Å². The van der Waals surface area contributed by atoms with Crippen molar-refractivity contribution in [2.45, 2.75) is 12.6 Å². The van der Waals surface area contributed by atoms with E-state index in [1.165, 1.54) is 16.2 Å². The Morgan fingerprint density at radius 1 is 1.19 bits per heavy atom. The van der Waals surface area contributed by atoms with Gasteiger partial charge in [0.1, 0.15) is 5.82 Å². The van der Waals surface area contributed by atoms with Gasteiger partial charge in [0.15, 0.2) is 5.69 Å². The monoisotopic (exact) mass is 399 g/mol. The number of nitrogens with zero attached hydrogens (tertiary/aromatic N) is 5. The number of rotatable bonds is 3. The number of alkyl halides is 3. The van der Waals surface area contributed by atoms with Crippen LogP contribution in [-0.2, 0) is 6.18 Å². The minimum atomic E-state index is -4.55. The second-order valence-corrected chi connectivity index (χ2v) is 7.23. The molecule has 0 aliphatic carbocycles. The lowest BCUT2D eigenvalue weighted by molar-refractivity contribution is -0.141. The lowest BCUT2D eigenvalue weighted by atomic mass is 10.3. The van der Waals surface area contributed by atoms with Gasteiger partial charge >= 0.3 is 6.18 Å². The molecule has 3 rings (SSSR count). The van der Waals surface area contributed by atoms with Crippen molar-refractivity contribution in [3.8, 4) is 0 Å². The zero-order valence-corrected chi connectivity index (χ0v) is 15.8. The molecule has 6 nitrogen and oxygen atoms in total. The van der Waals surface area contributed by atoms with E-state index in [1.807, 2.05) is 5.38 Å². The largest absolute Gasteiger partial charge is 0.433 e. The van der Waals surface area contributed by atoms with E-state index in [1.54, 1.807) is 35.3 Å². The highest BCUT2D eigenvalue weighted by molar-refractivity contribution is 7.08. The van der Waals surface area contributed by atoms with E-state index in [-0.39, 0.29) is 17.7 Å². The smallest absolute Gasteiger partial charge is 0.363 e. The molecular weight excluding hydrogens is 379 g/mol. The summed E-state index contributed by atoms with van der Waals surface area (Å²) < 4.78 is 39.6. The van der Waals surface area contributed by atoms with E-state index in [9.17, 15) is 18.0 Å². The van der Waals surface area contributed by atoms with E-state index in [2.05, 4.69) is 9.97 Å². The summed E-state index contributed by atoms with van der Waals surface area (Å²) in [6.07, 6.45) is -3.91. The average Bonchev–Trinajstić information content (AvgIpc) is 3.04. The summed E-state index contributed by atoms with van der Waals surface area (Å²) in [7, 11) is 3.27. The Hall–Kier alpha value is -2.36. The Balaban J connectivity index is 1.80. The van der Waals surface area contributed by atoms with Crippen LogP contribution in [0.25, 0.3) is 0 Å². The Kier molecular flexibility index (Phi) is 5.54. The van der Waals surface area contributed by atoms with Gasteiger partial charge < -0.3 is 14.7 Å². The minimum absolute atomic E-state index is 0.0401. The van der Waals surface area contributed by atoms with Crippen molar-refractivity contribution >= 4 is 29.0 Å². The summed E-state index contributed by atoms with van der Waals surface area (Å²) >= 11 is 1.45. The maximum atomic E-state index is 13.2. The molecule has 1 aliphatic rings. The summed E-state index contributed by atoms with van der Waals surface area (Å²) in [4.78, 5) is 25.5. The molecule has 1 fully saturated rings. The number of carbonyl (C=O) groups is 1. The van der Waals surface area contributed by atoms with Gasteiger partial charge in [0, 0.05) is 51.7 Å². The van der Waals surface area contributed by atoms with Crippen molar-refractivity contribution in [1.82, 2.24) is 14.9 Å². The van der Waals surface area contributed by atoms with Gasteiger partial charge in [-0.05, 0) is 17.9 Å². The van der Waals surface area contributed by atoms with Gasteiger partial charge in [-0.15, -0.1) is 0 Å². The highest BCUT2D eigenvalue weighted by atomic mass is 32.1. The molecule has 0 unspecified atom stereocenters. The number of anilines is 2. The first-order valence-electron chi connectivity index (χ1n) is 8.46. The van der Waals surface area contributed by atoms with Crippen LogP contribution in [0.2, 0.25) is 0 Å². The first kappa shape index (κ1) is 19.4. The van der Waals surface area contributed by atoms with Crippen LogP contribution in [0.4, 0.5) is 24.9 Å². The van der Waals surface area contributed by atoms with Crippen LogP contribution in [0.3, 0.4) is 0 Å². The van der Waals surface area contributed by atoms with Crippen LogP contribution < -0.4 is 9.80 Å². The normalized spacial score (nSPS) is 15.6. The Bertz CT molecular complexity index is 794. The van der Waals surface area contributed by atoms with Crippen molar-refractivity contribution in [2.24, 2.45) is 0 Å². The number of carbonyl (C=O) groups excluding carboxylic acids is 1. The molecule has 0 N–H and O–H groups in total. The van der Waals surface area contributed by atoms with Crippen molar-refractivity contribution in [3.05, 3.63) is 34.2 Å². The maximum absolute atomic E-state index is 13.2. The predicted octanol–water partition coefficient (Wildman–Crippen LogP) is 2.98. The molecule has 10 heteroatoms. The van der Waals surface area contributed by atoms with Gasteiger partial charge in [-0.25, -0.2) is 4.98 Å². The Morgan fingerprint density at radius 2 is 1.96 bits per heavy atom. The topological polar surface area (TPSA) is 52.6 Å². The Labute approximate surface area is 159 Å². The van der Waals surface area contributed by atoms with Gasteiger partial charge in [-0.1, -0.05) is 0 Å². The van der Waals surface area contributed by atoms with Crippen LogP contribution in [0.5, 0.6) is 0 Å². The molecule has 1 amide bonds. The van der Waals surface area contributed by atoms with E-state index >= 15 is 0 Å². The second kappa shape index (κ2) is 7.71. The van der Waals surface area contributed by atoms with E-state index in [4.69, 9.17) is 0 Å². The zero-order chi connectivity index (χ0) is 19.6. The molecule has 2 aromatic heterocycles. The number of amides is 1. The number of halogens is 3. The zero-order valence-electron chi connectivity index (χ0n) is 15.0. The van der Waals surface area contributed by atoms with Gasteiger partial charge in [0.25, 0.3) is 5.91 Å². The van der Waals surface area contributed by atoms with Crippen LogP contribution in [0.1, 0.15) is 22.5 Å². The molecule has 0 aromatic carbocycles. The average molecular weight is 399 g/mol. The first-order chi connectivity index (χ1) is 12.8. The van der Waals surface area contributed by atoms with Crippen molar-refractivity contribution in [1.29, 1.82) is 0 Å². The lowest BCUT2D eigenvalue weighted by Crippen LogP contribution is -2.35. The van der Waals surface area contributed by atoms with E-state index < -0.39 is 11.9 Å². The standard InChI is InChI=1S/C17H20F3N5OS/c1-23(2)14-10-13(17(18,19)20)21-16(22-14)25-6-3-5-24(7-8-25)15(26)12-4-9-27-11-12/h4,9-11H,3,5-8H2,1-2H3. The quantitative estimate of drug-likeness (QED) is 0.794. The van der Waals surface area contributed by atoms with E-state index in [0.717, 1.165) is 6.07 Å². The minimum Gasteiger partial charge on any atom is -0.363 e. The molecule has 0 spiro atoms. The van der Waals surface area contributed by atoms with Gasteiger partial charge in [0.05, 0.1) is 5.56 Å². The van der Waals surface area contributed by atoms with Crippen molar-refractivity contribution < 1.29 is 18.0 Å². The molecule has 0 saturated carbocycles. The van der Waals surface area contributed by atoms with Crippen molar-refractivity contribution in [3.63, 3.8) is 0 Å². The summed E-state index contributed by atoms with van der Waals surface area (Å²) in [6.45, 7) is 1.82. The molecule has 0 atom stereocenters. The fourth-order valence-corrected chi connectivity index (χ4v) is 3.46. The molecule has 0 radical (unpaired) electrons. The number of hydrogen-bond donors (Lipinski definition) is 0. The second-order valence-electron chi connectivity index (χ2n) is 6.45. The van der Waals surface area contributed by atoms with Crippen LogP contribution in [0.15, 0.2) is 22.9 Å². The molecule has 0 bridgehead atoms. The van der Waals surface area contributed by atoms with Crippen molar-refractivity contribution in [2.75, 3.05) is 50.1 Å². The lowest BCUT2D eigenvalue weighted by Gasteiger charge is -2.24. The SMILES string of the molecule is CN(C)c1cc(C(F)(F)F)nc(N2CCCN(C(=O)c3ccsc3)CC2)n1. The van der Waals surface area contributed by atoms with Gasteiger partial charge in [-0.3, -0.25) is 4.79 Å². The molecule has 2 aromatic rings. The summed E-state index contributed by atoms with van der Waals surface area (Å²) in [5.41, 5.74) is -0.328. The fraction of sp³-hybridized carbons (Fsp3) is 0.471. The third kappa shape index (κ3) is 4.49. The fourth-order valence-electron chi connectivity index (χ4n) is 2.83. The van der Waals surface area contributed by atoms with Crippen LogP contribution in [0, 0.1) is 0 Å². The number of aromatic nitrogens is 2. The maximum Gasteiger partial charge on any atom is 0.433 e. The molecule has 1 saturated heterocycles. The third-order valence-electron chi connectivity index (χ3n) is 4.28. The highest BCUT2D eigenvalue weighted by Gasteiger charge is 2.34. The van der Waals surface area contributed by atoms with Gasteiger partial charge in [0.2, 0.25) is 5.95 Å². The third-order valence-corrected chi connectivity index (χ3v) is 4.97. The predicted molar refractivity (Wildman–Crippen MR) is 98.4 cm³/mol. The molecular formula is C17H20F3N5OS. The summed E-state index contributed by atoms with van der Waals surface area (Å²) in [5.74, 6) is 0.179. The number of thiophene rings is 1. The molecule has 27 heavy (non-hydrogen) atoms. The summed E-state index contributed by atoms with van der Waals surface area (Å²) in [6, 6.07) is 2.71. The Morgan fingerprint density at radius 3 is 2.59 bits per heavy atom. The molecule has 1 aliphatic heterocycles. The molecule has 3 heterocycles. The van der Waals surface area contributed by atoms with Crippen LogP contribution >= 0.6 is 11.3 Å². The van der Waals surface area contributed by atoms with Gasteiger partial charge in [-0.2, -0.15) is 29.5 Å². The first-order valence-corrected chi connectivity index (χ1v) is 9.40. The molecule has 146 valence electrons. The summed E-state index contributed by atoms with van der Waals surface area (Å²) in [5, 5.41) is 3.64. The highest BCUT2D eigenvalue weighted by Crippen LogP contribution is 2.31. The van der Waals surface area contributed by atoms with E-state index in [0.29, 0.717) is 38.2 Å². The number of hydrogen-bond acceptors (Lipinski definition) is 6.